The van der Waals surface area contributed by atoms with Crippen LogP contribution >= 0.6 is 23.8 Å². The first-order chi connectivity index (χ1) is 12.0. The van der Waals surface area contributed by atoms with Gasteiger partial charge in [-0.15, -0.1) is 0 Å². The molecule has 0 spiro atoms. The van der Waals surface area contributed by atoms with Crippen molar-refractivity contribution in [1.82, 2.24) is 14.4 Å². The zero-order chi connectivity index (χ0) is 17.6. The zero-order valence-corrected chi connectivity index (χ0v) is 15.4. The highest BCUT2D eigenvalue weighted by Crippen LogP contribution is 2.26. The second-order valence-corrected chi connectivity index (χ2v) is 6.97. The second-order valence-electron chi connectivity index (χ2n) is 6.14. The van der Waals surface area contributed by atoms with Crippen molar-refractivity contribution in [2.75, 3.05) is 0 Å². The lowest BCUT2D eigenvalue weighted by Gasteiger charge is -2.06. The standard InChI is InChI=1S/C20H16ClN3S/c1-12-3-4-15(9-13(12)2)17-10-22-20-23-18(11-24(20)19(17)25)14-5-7-16(21)8-6-14/h3-11H,1-2H3,(H,22,23). The van der Waals surface area contributed by atoms with Crippen LogP contribution in [0.2, 0.25) is 5.02 Å². The van der Waals surface area contributed by atoms with E-state index < -0.39 is 0 Å². The average Bonchev–Trinajstić information content (AvgIpc) is 3.04. The molecule has 4 rings (SSSR count). The molecular weight excluding hydrogens is 350 g/mol. The summed E-state index contributed by atoms with van der Waals surface area (Å²) in [5.41, 5.74) is 6.54. The number of benzene rings is 2. The number of nitrogens with zero attached hydrogens (tertiary/aromatic N) is 2. The van der Waals surface area contributed by atoms with Crippen molar-refractivity contribution >= 4 is 29.6 Å². The van der Waals surface area contributed by atoms with Crippen molar-refractivity contribution in [3.05, 3.63) is 75.6 Å². The number of aromatic amines is 1. The molecule has 3 nitrogen and oxygen atoms in total. The monoisotopic (exact) mass is 365 g/mol. The molecule has 4 aromatic rings. The van der Waals surface area contributed by atoms with Crippen LogP contribution in [0.25, 0.3) is 28.2 Å². The van der Waals surface area contributed by atoms with Gasteiger partial charge < -0.3 is 4.98 Å². The number of nitrogens with one attached hydrogen (secondary N) is 1. The van der Waals surface area contributed by atoms with Crippen molar-refractivity contribution in [1.29, 1.82) is 0 Å². The van der Waals surface area contributed by atoms with E-state index in [0.29, 0.717) is 5.02 Å². The van der Waals surface area contributed by atoms with Gasteiger partial charge in [-0.05, 0) is 48.2 Å². The molecular formula is C20H16ClN3S. The van der Waals surface area contributed by atoms with Crippen LogP contribution in [0.15, 0.2) is 54.9 Å². The minimum absolute atomic E-state index is 0.714. The normalized spacial score (nSPS) is 11.2. The number of H-pyrrole nitrogens is 1. The predicted octanol–water partition coefficient (Wildman–Crippen LogP) is 6.00. The van der Waals surface area contributed by atoms with Gasteiger partial charge in [-0.3, -0.25) is 4.40 Å². The first-order valence-electron chi connectivity index (χ1n) is 7.97. The Labute approximate surface area is 155 Å². The van der Waals surface area contributed by atoms with E-state index in [1.54, 1.807) is 0 Å². The van der Waals surface area contributed by atoms with E-state index in [1.807, 2.05) is 41.1 Å². The topological polar surface area (TPSA) is 33.1 Å². The minimum Gasteiger partial charge on any atom is -0.323 e. The van der Waals surface area contributed by atoms with E-state index in [2.05, 4.69) is 42.0 Å². The van der Waals surface area contributed by atoms with E-state index in [1.165, 1.54) is 11.1 Å². The molecule has 0 fully saturated rings. The number of hydrogen-bond acceptors (Lipinski definition) is 2. The molecule has 0 aliphatic heterocycles. The molecule has 0 radical (unpaired) electrons. The zero-order valence-electron chi connectivity index (χ0n) is 13.9. The molecule has 0 amide bonds. The van der Waals surface area contributed by atoms with Crippen LogP contribution in [0.1, 0.15) is 11.1 Å². The largest absolute Gasteiger partial charge is 0.323 e. The van der Waals surface area contributed by atoms with Crippen LogP contribution in [-0.4, -0.2) is 14.4 Å². The van der Waals surface area contributed by atoms with Gasteiger partial charge in [-0.1, -0.05) is 54.2 Å². The minimum atomic E-state index is 0.714. The molecule has 2 aromatic heterocycles. The first-order valence-corrected chi connectivity index (χ1v) is 8.75. The number of aryl methyl sites for hydroxylation is 2. The van der Waals surface area contributed by atoms with E-state index >= 15 is 0 Å². The number of hydrogen-bond donors (Lipinski definition) is 1. The lowest BCUT2D eigenvalue weighted by atomic mass is 10.0. The fourth-order valence-corrected chi connectivity index (χ4v) is 3.28. The van der Waals surface area contributed by atoms with E-state index in [0.717, 1.165) is 32.8 Å². The van der Waals surface area contributed by atoms with Gasteiger partial charge in [0.25, 0.3) is 0 Å². The third-order valence-corrected chi connectivity index (χ3v) is 5.14. The van der Waals surface area contributed by atoms with Crippen LogP contribution in [-0.2, 0) is 0 Å². The molecule has 0 bridgehead atoms. The number of aromatic nitrogens is 3. The fourth-order valence-electron chi connectivity index (χ4n) is 2.85. The van der Waals surface area contributed by atoms with Gasteiger partial charge >= 0.3 is 0 Å². The summed E-state index contributed by atoms with van der Waals surface area (Å²) in [5.74, 6) is 0.725. The molecule has 0 aliphatic rings. The summed E-state index contributed by atoms with van der Waals surface area (Å²) >= 11 is 11.7. The highest BCUT2D eigenvalue weighted by atomic mass is 35.5. The molecule has 25 heavy (non-hydrogen) atoms. The van der Waals surface area contributed by atoms with Gasteiger partial charge in [-0.25, -0.2) is 4.98 Å². The number of fused-ring (bicyclic) bond motifs is 1. The van der Waals surface area contributed by atoms with Crippen LogP contribution in [0.3, 0.4) is 0 Å². The van der Waals surface area contributed by atoms with Crippen molar-refractivity contribution in [2.24, 2.45) is 0 Å². The van der Waals surface area contributed by atoms with Crippen LogP contribution in [0.4, 0.5) is 0 Å². The van der Waals surface area contributed by atoms with E-state index in [-0.39, 0.29) is 0 Å². The smallest absolute Gasteiger partial charge is 0.212 e. The van der Waals surface area contributed by atoms with Crippen LogP contribution in [0, 0.1) is 18.5 Å². The van der Waals surface area contributed by atoms with Gasteiger partial charge in [0.05, 0.1) is 5.69 Å². The summed E-state index contributed by atoms with van der Waals surface area (Å²) in [5, 5.41) is 0.714. The molecule has 5 heteroatoms. The average molecular weight is 366 g/mol. The van der Waals surface area contributed by atoms with Crippen molar-refractivity contribution in [3.8, 4) is 22.4 Å². The summed E-state index contributed by atoms with van der Waals surface area (Å²) in [7, 11) is 0. The highest BCUT2D eigenvalue weighted by molar-refractivity contribution is 7.71. The number of imidazole rings is 1. The van der Waals surface area contributed by atoms with E-state index in [4.69, 9.17) is 23.8 Å². The summed E-state index contributed by atoms with van der Waals surface area (Å²) in [4.78, 5) is 7.86. The molecule has 0 unspecified atom stereocenters. The quantitative estimate of drug-likeness (QED) is 0.442. The summed E-state index contributed by atoms with van der Waals surface area (Å²) in [6.45, 7) is 4.21. The highest BCUT2D eigenvalue weighted by Gasteiger charge is 2.09. The van der Waals surface area contributed by atoms with Crippen LogP contribution in [0.5, 0.6) is 0 Å². The molecule has 2 aromatic carbocycles. The Morgan fingerprint density at radius 1 is 1.00 bits per heavy atom. The lowest BCUT2D eigenvalue weighted by molar-refractivity contribution is 1.09. The van der Waals surface area contributed by atoms with Gasteiger partial charge in [0.15, 0.2) is 0 Å². The molecule has 2 heterocycles. The van der Waals surface area contributed by atoms with Gasteiger partial charge in [0.2, 0.25) is 5.78 Å². The molecule has 0 saturated heterocycles. The lowest BCUT2D eigenvalue weighted by Crippen LogP contribution is -1.93. The van der Waals surface area contributed by atoms with Gasteiger partial charge in [0.1, 0.15) is 4.64 Å². The Morgan fingerprint density at radius 3 is 2.44 bits per heavy atom. The number of rotatable bonds is 2. The van der Waals surface area contributed by atoms with Gasteiger partial charge in [-0.2, -0.15) is 0 Å². The summed E-state index contributed by atoms with van der Waals surface area (Å²) in [6.07, 6.45) is 3.82. The molecule has 1 N–H and O–H groups in total. The Hall–Kier alpha value is -2.43. The van der Waals surface area contributed by atoms with E-state index in [9.17, 15) is 0 Å². The maximum atomic E-state index is 5.97. The molecule has 0 atom stereocenters. The SMILES string of the molecule is Cc1ccc(-c2cnc3[nH]c(-c4ccc(Cl)cc4)cn3c2=S)cc1C. The predicted molar refractivity (Wildman–Crippen MR) is 106 cm³/mol. The first kappa shape index (κ1) is 16.1. The molecule has 0 aliphatic carbocycles. The Bertz CT molecular complexity index is 1140. The Kier molecular flexibility index (Phi) is 3.94. The number of halogens is 1. The van der Waals surface area contributed by atoms with Gasteiger partial charge in [0, 0.05) is 23.0 Å². The van der Waals surface area contributed by atoms with Crippen molar-refractivity contribution in [2.45, 2.75) is 13.8 Å². The third-order valence-electron chi connectivity index (χ3n) is 4.47. The molecule has 124 valence electrons. The summed E-state index contributed by atoms with van der Waals surface area (Å²) in [6, 6.07) is 14.0. The molecule has 0 saturated carbocycles. The summed E-state index contributed by atoms with van der Waals surface area (Å²) < 4.78 is 2.66. The van der Waals surface area contributed by atoms with Crippen molar-refractivity contribution in [3.63, 3.8) is 0 Å². The maximum Gasteiger partial charge on any atom is 0.212 e. The third kappa shape index (κ3) is 2.88. The fraction of sp³-hybridized carbons (Fsp3) is 0.100. The second kappa shape index (κ2) is 6.14. The van der Waals surface area contributed by atoms with Crippen molar-refractivity contribution < 1.29 is 0 Å². The maximum absolute atomic E-state index is 5.97. The van der Waals surface area contributed by atoms with Crippen LogP contribution < -0.4 is 0 Å². The Morgan fingerprint density at radius 2 is 1.72 bits per heavy atom. The Balaban J connectivity index is 1.86.